The Morgan fingerprint density at radius 3 is 2.60 bits per heavy atom. The van der Waals surface area contributed by atoms with Crippen molar-refractivity contribution in [2.45, 2.75) is 19.9 Å². The number of hydrogen-bond acceptors (Lipinski definition) is 4. The summed E-state index contributed by atoms with van der Waals surface area (Å²) in [6, 6.07) is 9.04. The van der Waals surface area contributed by atoms with Gasteiger partial charge in [0.25, 0.3) is 0 Å². The summed E-state index contributed by atoms with van der Waals surface area (Å²) in [5, 5.41) is 20.3. The molecule has 4 nitrogen and oxygen atoms in total. The first-order valence-electron chi connectivity index (χ1n) is 6.35. The molecule has 2 aromatic rings. The zero-order chi connectivity index (χ0) is 14.5. The summed E-state index contributed by atoms with van der Waals surface area (Å²) in [4.78, 5) is 4.40. The Morgan fingerprint density at radius 1 is 1.30 bits per heavy atom. The van der Waals surface area contributed by atoms with Crippen LogP contribution < -0.4 is 5.32 Å². The lowest BCUT2D eigenvalue weighted by Crippen LogP contribution is -2.06. The highest BCUT2D eigenvalue weighted by Gasteiger charge is 2.08. The van der Waals surface area contributed by atoms with Crippen molar-refractivity contribution in [3.05, 3.63) is 53.2 Å². The van der Waals surface area contributed by atoms with E-state index in [-0.39, 0.29) is 5.75 Å². The van der Waals surface area contributed by atoms with Crippen LogP contribution in [-0.2, 0) is 13.0 Å². The van der Waals surface area contributed by atoms with Gasteiger partial charge in [-0.15, -0.1) is 0 Å². The molecular weight excluding hydrogens is 365 g/mol. The van der Waals surface area contributed by atoms with Crippen LogP contribution in [0.2, 0.25) is 0 Å². The molecule has 0 radical (unpaired) electrons. The lowest BCUT2D eigenvalue weighted by atomic mass is 10.1. The van der Waals surface area contributed by atoms with E-state index in [1.807, 2.05) is 47.0 Å². The van der Waals surface area contributed by atoms with Gasteiger partial charge in [0, 0.05) is 18.3 Å². The number of pyridine rings is 1. The molecule has 0 aliphatic heterocycles. The van der Waals surface area contributed by atoms with Gasteiger partial charge in [0.15, 0.2) is 0 Å². The Morgan fingerprint density at radius 2 is 2.00 bits per heavy atom. The van der Waals surface area contributed by atoms with E-state index < -0.39 is 0 Å². The fourth-order valence-electron chi connectivity index (χ4n) is 1.81. The van der Waals surface area contributed by atoms with E-state index in [2.05, 4.69) is 17.2 Å². The highest BCUT2D eigenvalue weighted by molar-refractivity contribution is 14.1. The monoisotopic (exact) mass is 381 g/mol. The molecule has 20 heavy (non-hydrogen) atoms. The van der Waals surface area contributed by atoms with E-state index in [0.717, 1.165) is 28.9 Å². The fraction of sp³-hybridized carbons (Fsp3) is 0.200. The number of aromatic hydroxyl groups is 1. The maximum absolute atomic E-state index is 9.25. The molecule has 0 unspecified atom stereocenters. The van der Waals surface area contributed by atoms with Gasteiger partial charge in [-0.25, -0.2) is 4.98 Å². The molecule has 0 spiro atoms. The Kier molecular flexibility index (Phi) is 4.94. The van der Waals surface area contributed by atoms with Crippen molar-refractivity contribution < 1.29 is 5.11 Å². The van der Waals surface area contributed by atoms with Gasteiger partial charge in [-0.2, -0.15) is 0 Å². The van der Waals surface area contributed by atoms with Crippen LogP contribution in [0.15, 0.2) is 36.5 Å². The molecule has 5 heteroatoms. The fourth-order valence-corrected chi connectivity index (χ4v) is 2.22. The van der Waals surface area contributed by atoms with E-state index in [1.165, 1.54) is 0 Å². The lowest BCUT2D eigenvalue weighted by molar-refractivity contribution is 0.475. The third-order valence-corrected chi connectivity index (χ3v) is 3.57. The Bertz CT molecular complexity index is 611. The zero-order valence-corrected chi connectivity index (χ0v) is 13.3. The second-order valence-electron chi connectivity index (χ2n) is 4.43. The van der Waals surface area contributed by atoms with Gasteiger partial charge in [0.05, 0.1) is 0 Å². The van der Waals surface area contributed by atoms with Crippen molar-refractivity contribution in [1.82, 2.24) is 4.98 Å². The van der Waals surface area contributed by atoms with Gasteiger partial charge in [0.2, 0.25) is 0 Å². The summed E-state index contributed by atoms with van der Waals surface area (Å²) >= 11 is 2.00. The highest BCUT2D eigenvalue weighted by Crippen LogP contribution is 2.19. The van der Waals surface area contributed by atoms with Crippen LogP contribution in [0.25, 0.3) is 0 Å². The van der Waals surface area contributed by atoms with E-state index in [9.17, 15) is 5.11 Å². The number of aromatic nitrogens is 1. The van der Waals surface area contributed by atoms with Crippen LogP contribution in [0.5, 0.6) is 5.75 Å². The largest absolute Gasteiger partial charge is 0.508 e. The summed E-state index contributed by atoms with van der Waals surface area (Å²) < 4.78 is 0.471. The van der Waals surface area contributed by atoms with Gasteiger partial charge in [-0.3, -0.25) is 5.41 Å². The summed E-state index contributed by atoms with van der Waals surface area (Å²) in [7, 11) is 0. The van der Waals surface area contributed by atoms with Crippen molar-refractivity contribution in [3.8, 4) is 5.75 Å². The van der Waals surface area contributed by atoms with Gasteiger partial charge in [-0.1, -0.05) is 19.1 Å². The van der Waals surface area contributed by atoms with Gasteiger partial charge in [0.1, 0.15) is 15.3 Å². The van der Waals surface area contributed by atoms with Crippen LogP contribution in [0.4, 0.5) is 5.82 Å². The Labute approximate surface area is 131 Å². The topological polar surface area (TPSA) is 69.0 Å². The minimum Gasteiger partial charge on any atom is -0.508 e. The van der Waals surface area contributed by atoms with Gasteiger partial charge < -0.3 is 10.4 Å². The maximum atomic E-state index is 9.25. The van der Waals surface area contributed by atoms with Crippen molar-refractivity contribution in [2.24, 2.45) is 0 Å². The number of benzene rings is 1. The standard InChI is InChI=1S/C15H16IN3O/c1-2-10-7-13(14(16)17)15(18-8-10)19-9-11-3-5-12(20)6-4-11/h3-8,17,20H,2,9H2,1H3,(H,18,19). The average molecular weight is 381 g/mol. The minimum absolute atomic E-state index is 0.258. The first-order chi connectivity index (χ1) is 9.60. The highest BCUT2D eigenvalue weighted by atomic mass is 127. The van der Waals surface area contributed by atoms with Crippen LogP contribution in [-0.4, -0.2) is 13.8 Å². The minimum atomic E-state index is 0.258. The van der Waals surface area contributed by atoms with Crippen molar-refractivity contribution in [1.29, 1.82) is 5.41 Å². The molecule has 0 fully saturated rings. The number of halogens is 1. The lowest BCUT2D eigenvalue weighted by Gasteiger charge is -2.11. The molecule has 0 saturated heterocycles. The molecule has 2 rings (SSSR count). The predicted molar refractivity (Wildman–Crippen MR) is 89.9 cm³/mol. The maximum Gasteiger partial charge on any atom is 0.136 e. The van der Waals surface area contributed by atoms with E-state index in [4.69, 9.17) is 5.41 Å². The van der Waals surface area contributed by atoms with Crippen LogP contribution >= 0.6 is 22.6 Å². The SMILES string of the molecule is CCc1cnc(NCc2ccc(O)cc2)c(C(=N)I)c1. The van der Waals surface area contributed by atoms with Crippen LogP contribution in [0, 0.1) is 5.41 Å². The zero-order valence-electron chi connectivity index (χ0n) is 11.2. The van der Waals surface area contributed by atoms with E-state index >= 15 is 0 Å². The summed E-state index contributed by atoms with van der Waals surface area (Å²) in [5.74, 6) is 0.976. The molecule has 104 valence electrons. The molecule has 0 bridgehead atoms. The van der Waals surface area contributed by atoms with Crippen LogP contribution in [0.3, 0.4) is 0 Å². The number of rotatable bonds is 5. The number of phenolic OH excluding ortho intramolecular Hbond substituents is 1. The molecule has 1 aromatic heterocycles. The molecule has 0 amide bonds. The molecule has 0 aliphatic carbocycles. The van der Waals surface area contributed by atoms with E-state index in [0.29, 0.717) is 10.3 Å². The first kappa shape index (κ1) is 14.8. The molecule has 1 heterocycles. The molecular formula is C15H16IN3O. The molecule has 1 aromatic carbocycles. The molecule has 0 atom stereocenters. The smallest absolute Gasteiger partial charge is 0.136 e. The first-order valence-corrected chi connectivity index (χ1v) is 7.43. The van der Waals surface area contributed by atoms with Gasteiger partial charge >= 0.3 is 0 Å². The normalized spacial score (nSPS) is 10.3. The number of nitrogens with zero attached hydrogens (tertiary/aromatic N) is 1. The number of anilines is 1. The Hall–Kier alpha value is -1.63. The van der Waals surface area contributed by atoms with Crippen LogP contribution in [0.1, 0.15) is 23.6 Å². The third-order valence-electron chi connectivity index (χ3n) is 2.99. The number of aryl methyl sites for hydroxylation is 1. The molecule has 3 N–H and O–H groups in total. The predicted octanol–water partition coefficient (Wildman–Crippen LogP) is 3.72. The summed E-state index contributed by atoms with van der Waals surface area (Å²) in [5.41, 5.74) is 3.00. The summed E-state index contributed by atoms with van der Waals surface area (Å²) in [6.07, 6.45) is 2.74. The number of nitrogens with one attached hydrogen (secondary N) is 2. The van der Waals surface area contributed by atoms with Crippen molar-refractivity contribution in [3.63, 3.8) is 0 Å². The second kappa shape index (κ2) is 6.69. The van der Waals surface area contributed by atoms with Gasteiger partial charge in [-0.05, 0) is 58.3 Å². The number of hydrogen-bond donors (Lipinski definition) is 3. The third kappa shape index (κ3) is 3.69. The second-order valence-corrected chi connectivity index (χ2v) is 5.51. The summed E-state index contributed by atoms with van der Waals surface area (Å²) in [6.45, 7) is 2.68. The van der Waals surface area contributed by atoms with Crippen molar-refractivity contribution >= 4 is 32.1 Å². The average Bonchev–Trinajstić information content (AvgIpc) is 2.46. The van der Waals surface area contributed by atoms with E-state index in [1.54, 1.807) is 12.1 Å². The Balaban J connectivity index is 2.16. The molecule has 0 aliphatic rings. The number of phenols is 1. The molecule has 0 saturated carbocycles. The van der Waals surface area contributed by atoms with Crippen molar-refractivity contribution in [2.75, 3.05) is 5.32 Å². The quantitative estimate of drug-likeness (QED) is 0.546.